The van der Waals surface area contributed by atoms with Crippen LogP contribution in [0.3, 0.4) is 0 Å². The number of hydrogen-bond donors (Lipinski definition) is 1. The van der Waals surface area contributed by atoms with Gasteiger partial charge in [-0.25, -0.2) is 0 Å². The van der Waals surface area contributed by atoms with E-state index in [1.165, 1.54) is 11.1 Å². The molecule has 0 bridgehead atoms. The smallest absolute Gasteiger partial charge is 0.257 e. The van der Waals surface area contributed by atoms with Crippen molar-refractivity contribution >= 4 is 5.91 Å². The lowest BCUT2D eigenvalue weighted by molar-refractivity contribution is -0.126. The number of nitrogens with zero attached hydrogens (tertiary/aromatic N) is 3. The van der Waals surface area contributed by atoms with Crippen molar-refractivity contribution in [2.24, 2.45) is 0 Å². The van der Waals surface area contributed by atoms with E-state index in [1.807, 2.05) is 49.5 Å². The first kappa shape index (κ1) is 17.4. The molecule has 0 aliphatic carbocycles. The number of carbonyl (C=O) groups excluding carboxylic acids is 1. The predicted molar refractivity (Wildman–Crippen MR) is 102 cm³/mol. The normalized spacial score (nSPS) is 16.7. The first-order valence-corrected chi connectivity index (χ1v) is 9.13. The van der Waals surface area contributed by atoms with Gasteiger partial charge in [-0.1, -0.05) is 47.6 Å². The van der Waals surface area contributed by atoms with E-state index in [2.05, 4.69) is 32.5 Å². The topological polar surface area (TPSA) is 71.3 Å². The van der Waals surface area contributed by atoms with Gasteiger partial charge >= 0.3 is 0 Å². The maximum atomic E-state index is 12.6. The Morgan fingerprint density at radius 1 is 1.15 bits per heavy atom. The summed E-state index contributed by atoms with van der Waals surface area (Å²) >= 11 is 0. The molecule has 27 heavy (non-hydrogen) atoms. The minimum atomic E-state index is -0.148. The van der Waals surface area contributed by atoms with Crippen molar-refractivity contribution in [3.8, 4) is 11.5 Å². The van der Waals surface area contributed by atoms with Gasteiger partial charge in [-0.05, 0) is 36.7 Å². The van der Waals surface area contributed by atoms with Crippen LogP contribution in [0.15, 0.2) is 59.1 Å². The zero-order valence-electron chi connectivity index (χ0n) is 15.3. The van der Waals surface area contributed by atoms with E-state index < -0.39 is 0 Å². The molecular formula is C21H22N4O2. The minimum Gasteiger partial charge on any atom is -0.354 e. The third kappa shape index (κ3) is 3.90. The van der Waals surface area contributed by atoms with Gasteiger partial charge in [0.2, 0.25) is 5.91 Å². The second-order valence-electron chi connectivity index (χ2n) is 6.83. The highest BCUT2D eigenvalue weighted by atomic mass is 16.5. The molecule has 1 aliphatic heterocycles. The van der Waals surface area contributed by atoms with E-state index in [0.717, 1.165) is 18.5 Å². The second kappa shape index (κ2) is 7.72. The lowest BCUT2D eigenvalue weighted by Gasteiger charge is -2.33. The molecular weight excluding hydrogens is 340 g/mol. The molecule has 138 valence electrons. The van der Waals surface area contributed by atoms with Gasteiger partial charge in [-0.3, -0.25) is 9.69 Å². The molecule has 1 atom stereocenters. The highest BCUT2D eigenvalue weighted by molar-refractivity contribution is 5.82. The van der Waals surface area contributed by atoms with Gasteiger partial charge in [0.1, 0.15) is 0 Å². The van der Waals surface area contributed by atoms with Gasteiger partial charge < -0.3 is 9.84 Å². The highest BCUT2D eigenvalue weighted by Crippen LogP contribution is 2.22. The Kier molecular flexibility index (Phi) is 4.98. The van der Waals surface area contributed by atoms with Crippen molar-refractivity contribution in [2.45, 2.75) is 25.4 Å². The molecule has 1 aromatic heterocycles. The molecule has 0 unspecified atom stereocenters. The van der Waals surface area contributed by atoms with Crippen LogP contribution in [-0.4, -0.2) is 40.6 Å². The zero-order chi connectivity index (χ0) is 18.6. The number of benzene rings is 2. The molecule has 4 rings (SSSR count). The van der Waals surface area contributed by atoms with Crippen LogP contribution in [0.25, 0.3) is 11.5 Å². The first-order valence-electron chi connectivity index (χ1n) is 9.13. The summed E-state index contributed by atoms with van der Waals surface area (Å²) in [5.41, 5.74) is 3.44. The Labute approximate surface area is 158 Å². The van der Waals surface area contributed by atoms with Gasteiger partial charge in [-0.15, -0.1) is 0 Å². The molecule has 3 aromatic rings. The Morgan fingerprint density at radius 2 is 1.89 bits per heavy atom. The van der Waals surface area contributed by atoms with Crippen molar-refractivity contribution in [2.75, 3.05) is 13.6 Å². The van der Waals surface area contributed by atoms with Gasteiger partial charge in [0, 0.05) is 25.1 Å². The summed E-state index contributed by atoms with van der Waals surface area (Å²) < 4.78 is 5.30. The lowest BCUT2D eigenvalue weighted by atomic mass is 9.94. The van der Waals surface area contributed by atoms with Gasteiger partial charge in [0.25, 0.3) is 5.89 Å². The quantitative estimate of drug-likeness (QED) is 0.755. The van der Waals surface area contributed by atoms with Crippen LogP contribution in [0.5, 0.6) is 0 Å². The van der Waals surface area contributed by atoms with Crippen LogP contribution in [0.2, 0.25) is 0 Å². The molecule has 0 saturated heterocycles. The Hall–Kier alpha value is -2.99. The van der Waals surface area contributed by atoms with E-state index >= 15 is 0 Å². The summed E-state index contributed by atoms with van der Waals surface area (Å²) in [5, 5.41) is 7.01. The van der Waals surface area contributed by atoms with Crippen LogP contribution < -0.4 is 5.32 Å². The standard InChI is InChI=1S/C21H22N4O2/c1-25-14-17-10-6-5-9-16(17)13-18(25)20(26)22-12-11-19-23-21(27-24-19)15-7-3-2-4-8-15/h2-10,18H,11-14H2,1H3,(H,22,26)/t18-/m1/s1. The number of rotatable bonds is 5. The number of carbonyl (C=O) groups is 1. The average Bonchev–Trinajstić information content (AvgIpc) is 3.17. The number of fused-ring (bicyclic) bond motifs is 1. The van der Waals surface area contributed by atoms with Crippen molar-refractivity contribution in [3.63, 3.8) is 0 Å². The number of hydrogen-bond acceptors (Lipinski definition) is 5. The van der Waals surface area contributed by atoms with Crippen LogP contribution in [0, 0.1) is 0 Å². The maximum Gasteiger partial charge on any atom is 0.257 e. The summed E-state index contributed by atoms with van der Waals surface area (Å²) in [6.45, 7) is 1.28. The van der Waals surface area contributed by atoms with Crippen LogP contribution in [-0.2, 0) is 24.2 Å². The Balaban J connectivity index is 1.32. The van der Waals surface area contributed by atoms with E-state index in [-0.39, 0.29) is 11.9 Å². The SMILES string of the molecule is CN1Cc2ccccc2C[C@@H]1C(=O)NCCc1noc(-c2ccccc2)n1. The molecule has 6 heteroatoms. The van der Waals surface area contributed by atoms with Crippen LogP contribution >= 0.6 is 0 Å². The molecule has 1 aliphatic rings. The zero-order valence-corrected chi connectivity index (χ0v) is 15.3. The molecule has 2 aromatic carbocycles. The molecule has 1 amide bonds. The molecule has 1 N–H and O–H groups in total. The molecule has 0 spiro atoms. The molecule has 2 heterocycles. The number of amides is 1. The summed E-state index contributed by atoms with van der Waals surface area (Å²) in [7, 11) is 1.99. The van der Waals surface area contributed by atoms with Crippen molar-refractivity contribution in [1.29, 1.82) is 0 Å². The summed E-state index contributed by atoms with van der Waals surface area (Å²) in [6, 6.07) is 17.8. The van der Waals surface area contributed by atoms with Gasteiger partial charge in [-0.2, -0.15) is 4.98 Å². The Bertz CT molecular complexity index is 923. The third-order valence-electron chi connectivity index (χ3n) is 4.92. The number of likely N-dealkylation sites (N-methyl/N-ethyl adjacent to an activating group) is 1. The predicted octanol–water partition coefficient (Wildman–Crippen LogP) is 2.45. The summed E-state index contributed by atoms with van der Waals surface area (Å²) in [6.07, 6.45) is 1.27. The molecule has 0 radical (unpaired) electrons. The third-order valence-corrected chi connectivity index (χ3v) is 4.92. The van der Waals surface area contributed by atoms with E-state index in [1.54, 1.807) is 0 Å². The van der Waals surface area contributed by atoms with Crippen molar-refractivity contribution in [1.82, 2.24) is 20.4 Å². The van der Waals surface area contributed by atoms with E-state index in [9.17, 15) is 4.79 Å². The van der Waals surface area contributed by atoms with E-state index in [0.29, 0.717) is 24.7 Å². The van der Waals surface area contributed by atoms with Crippen molar-refractivity contribution < 1.29 is 9.32 Å². The highest BCUT2D eigenvalue weighted by Gasteiger charge is 2.28. The molecule has 0 fully saturated rings. The van der Waals surface area contributed by atoms with Gasteiger partial charge in [0.05, 0.1) is 6.04 Å². The van der Waals surface area contributed by atoms with Crippen LogP contribution in [0.1, 0.15) is 17.0 Å². The monoisotopic (exact) mass is 362 g/mol. The van der Waals surface area contributed by atoms with Gasteiger partial charge in [0.15, 0.2) is 5.82 Å². The molecule has 6 nitrogen and oxygen atoms in total. The average molecular weight is 362 g/mol. The molecule has 0 saturated carbocycles. The summed E-state index contributed by atoms with van der Waals surface area (Å²) in [5.74, 6) is 1.14. The fourth-order valence-corrected chi connectivity index (χ4v) is 3.42. The lowest BCUT2D eigenvalue weighted by Crippen LogP contribution is -2.48. The number of aromatic nitrogens is 2. The Morgan fingerprint density at radius 3 is 2.70 bits per heavy atom. The number of nitrogens with one attached hydrogen (secondary N) is 1. The largest absolute Gasteiger partial charge is 0.354 e. The first-order chi connectivity index (χ1) is 13.2. The van der Waals surface area contributed by atoms with E-state index in [4.69, 9.17) is 4.52 Å². The second-order valence-corrected chi connectivity index (χ2v) is 6.83. The van der Waals surface area contributed by atoms with Crippen molar-refractivity contribution in [3.05, 3.63) is 71.5 Å². The minimum absolute atomic E-state index is 0.0405. The van der Waals surface area contributed by atoms with Crippen LogP contribution in [0.4, 0.5) is 0 Å². The maximum absolute atomic E-state index is 12.6. The fraction of sp³-hybridized carbons (Fsp3) is 0.286. The summed E-state index contributed by atoms with van der Waals surface area (Å²) in [4.78, 5) is 19.1. The fourth-order valence-electron chi connectivity index (χ4n) is 3.42.